The van der Waals surface area contributed by atoms with Gasteiger partial charge in [0, 0.05) is 38.2 Å². The van der Waals surface area contributed by atoms with Crippen molar-refractivity contribution in [1.29, 1.82) is 0 Å². The highest BCUT2D eigenvalue weighted by atomic mass is 16.2. The zero-order valence-corrected chi connectivity index (χ0v) is 16.0. The van der Waals surface area contributed by atoms with Crippen LogP contribution in [-0.2, 0) is 16.0 Å². The van der Waals surface area contributed by atoms with Crippen molar-refractivity contribution in [2.24, 2.45) is 5.92 Å². The minimum atomic E-state index is -0.215. The topological polar surface area (TPSA) is 90.5 Å². The minimum Gasteiger partial charge on any atom is -0.342 e. The number of carbonyl (C=O) groups excluding carboxylic acids is 3. The highest BCUT2D eigenvalue weighted by Crippen LogP contribution is 2.26. The quantitative estimate of drug-likeness (QED) is 0.715. The Bertz CT molecular complexity index is 734. The molecule has 2 heterocycles. The number of aryl methyl sites for hydroxylation is 1. The number of anilines is 1. The fourth-order valence-electron chi connectivity index (χ4n) is 3.61. The molecule has 0 aromatic heterocycles. The van der Waals surface area contributed by atoms with E-state index in [4.69, 9.17) is 0 Å². The van der Waals surface area contributed by atoms with Gasteiger partial charge in [0.15, 0.2) is 0 Å². The molecule has 0 aliphatic carbocycles. The molecule has 7 heteroatoms. The van der Waals surface area contributed by atoms with Crippen molar-refractivity contribution in [3.63, 3.8) is 0 Å². The molecule has 0 spiro atoms. The second kappa shape index (κ2) is 8.41. The number of likely N-dealkylation sites (tertiary alicyclic amines) is 1. The molecule has 1 saturated heterocycles. The Morgan fingerprint density at radius 3 is 2.78 bits per heavy atom. The maximum Gasteiger partial charge on any atom is 0.315 e. The van der Waals surface area contributed by atoms with Gasteiger partial charge in [-0.2, -0.15) is 0 Å². The molecule has 27 heavy (non-hydrogen) atoms. The molecule has 1 aromatic rings. The van der Waals surface area contributed by atoms with Crippen LogP contribution in [0.15, 0.2) is 18.2 Å². The van der Waals surface area contributed by atoms with Gasteiger partial charge in [-0.15, -0.1) is 0 Å². The number of benzene rings is 1. The van der Waals surface area contributed by atoms with E-state index in [-0.39, 0.29) is 29.8 Å². The first-order valence-electron chi connectivity index (χ1n) is 9.67. The molecule has 1 fully saturated rings. The Kier molecular flexibility index (Phi) is 5.98. The summed E-state index contributed by atoms with van der Waals surface area (Å²) < 4.78 is 0. The minimum absolute atomic E-state index is 0.0468. The number of amides is 4. The fraction of sp³-hybridized carbons (Fsp3) is 0.550. The van der Waals surface area contributed by atoms with Crippen LogP contribution in [0.2, 0.25) is 0 Å². The molecule has 3 rings (SSSR count). The molecule has 0 unspecified atom stereocenters. The van der Waals surface area contributed by atoms with Crippen molar-refractivity contribution >= 4 is 23.5 Å². The Morgan fingerprint density at radius 2 is 2.04 bits per heavy atom. The van der Waals surface area contributed by atoms with Crippen molar-refractivity contribution in [1.82, 2.24) is 15.5 Å². The van der Waals surface area contributed by atoms with E-state index >= 15 is 0 Å². The van der Waals surface area contributed by atoms with Crippen LogP contribution < -0.4 is 16.0 Å². The van der Waals surface area contributed by atoms with Crippen molar-refractivity contribution in [2.75, 3.05) is 25.0 Å². The standard InChI is InChI=1S/C20H28N4O3/c1-13(12-24-9-3-4-19(24)26)11-21-20(27)22-14(2)15-5-7-17-16(10-15)6-8-18(25)23-17/h5,7,10,13-14H,3-4,6,8-9,11-12H2,1-2H3,(H,23,25)(H2,21,22,27)/t13-,14+/m1/s1. The van der Waals surface area contributed by atoms with Crippen LogP contribution in [0.3, 0.4) is 0 Å². The van der Waals surface area contributed by atoms with Gasteiger partial charge < -0.3 is 20.9 Å². The first kappa shape index (κ1) is 19.2. The first-order valence-corrected chi connectivity index (χ1v) is 9.67. The van der Waals surface area contributed by atoms with Crippen molar-refractivity contribution in [3.8, 4) is 0 Å². The molecule has 3 N–H and O–H groups in total. The largest absolute Gasteiger partial charge is 0.342 e. The van der Waals surface area contributed by atoms with Gasteiger partial charge in [0.2, 0.25) is 11.8 Å². The highest BCUT2D eigenvalue weighted by Gasteiger charge is 2.22. The van der Waals surface area contributed by atoms with Crippen LogP contribution in [0.4, 0.5) is 10.5 Å². The van der Waals surface area contributed by atoms with E-state index in [9.17, 15) is 14.4 Å². The fourth-order valence-corrected chi connectivity index (χ4v) is 3.61. The van der Waals surface area contributed by atoms with Gasteiger partial charge in [0.25, 0.3) is 0 Å². The van der Waals surface area contributed by atoms with E-state index in [2.05, 4.69) is 16.0 Å². The molecule has 2 aliphatic heterocycles. The van der Waals surface area contributed by atoms with Crippen LogP contribution in [0.5, 0.6) is 0 Å². The summed E-state index contributed by atoms with van der Waals surface area (Å²) in [5.74, 6) is 0.467. The summed E-state index contributed by atoms with van der Waals surface area (Å²) in [5.41, 5.74) is 2.97. The summed E-state index contributed by atoms with van der Waals surface area (Å²) in [7, 11) is 0. The molecule has 4 amide bonds. The lowest BCUT2D eigenvalue weighted by atomic mass is 9.98. The van der Waals surface area contributed by atoms with Gasteiger partial charge >= 0.3 is 6.03 Å². The summed E-state index contributed by atoms with van der Waals surface area (Å²) in [6, 6.07) is 5.52. The highest BCUT2D eigenvalue weighted by molar-refractivity contribution is 5.93. The summed E-state index contributed by atoms with van der Waals surface area (Å²) >= 11 is 0. The van der Waals surface area contributed by atoms with Gasteiger partial charge in [-0.3, -0.25) is 9.59 Å². The first-order chi connectivity index (χ1) is 12.9. The Hall–Kier alpha value is -2.57. The number of nitrogens with one attached hydrogen (secondary N) is 3. The van der Waals surface area contributed by atoms with Gasteiger partial charge in [-0.05, 0) is 42.9 Å². The third-order valence-corrected chi connectivity index (χ3v) is 5.19. The monoisotopic (exact) mass is 372 g/mol. The smallest absolute Gasteiger partial charge is 0.315 e. The van der Waals surface area contributed by atoms with E-state index in [1.165, 1.54) is 0 Å². The van der Waals surface area contributed by atoms with Crippen LogP contribution in [0, 0.1) is 5.92 Å². The van der Waals surface area contributed by atoms with Gasteiger partial charge in [-0.25, -0.2) is 4.79 Å². The van der Waals surface area contributed by atoms with Crippen LogP contribution >= 0.6 is 0 Å². The number of urea groups is 1. The number of hydrogen-bond acceptors (Lipinski definition) is 3. The number of hydrogen-bond donors (Lipinski definition) is 3. The molecule has 7 nitrogen and oxygen atoms in total. The molecule has 2 aliphatic rings. The van der Waals surface area contributed by atoms with Gasteiger partial charge in [0.1, 0.15) is 0 Å². The maximum atomic E-state index is 12.2. The third kappa shape index (κ3) is 4.99. The lowest BCUT2D eigenvalue weighted by molar-refractivity contribution is -0.128. The average Bonchev–Trinajstić information content (AvgIpc) is 3.04. The number of fused-ring (bicyclic) bond motifs is 1. The Balaban J connectivity index is 1.46. The SMILES string of the molecule is C[C@H](CNC(=O)N[C@@H](C)c1ccc2c(c1)CCC(=O)N2)CN1CCCC1=O. The van der Waals surface area contributed by atoms with E-state index in [0.29, 0.717) is 25.9 Å². The zero-order valence-electron chi connectivity index (χ0n) is 16.0. The molecule has 0 radical (unpaired) electrons. The van der Waals surface area contributed by atoms with Gasteiger partial charge in [-0.1, -0.05) is 19.1 Å². The normalized spacial score (nSPS) is 18.5. The second-order valence-corrected chi connectivity index (χ2v) is 7.59. The lowest BCUT2D eigenvalue weighted by Crippen LogP contribution is -2.41. The predicted molar refractivity (Wildman–Crippen MR) is 103 cm³/mol. The van der Waals surface area contributed by atoms with E-state index in [0.717, 1.165) is 36.2 Å². The van der Waals surface area contributed by atoms with Crippen molar-refractivity contribution < 1.29 is 14.4 Å². The second-order valence-electron chi connectivity index (χ2n) is 7.59. The number of rotatable bonds is 6. The Labute approximate surface area is 159 Å². The Morgan fingerprint density at radius 1 is 1.22 bits per heavy atom. The molecular weight excluding hydrogens is 344 g/mol. The zero-order chi connectivity index (χ0) is 19.4. The molecule has 146 valence electrons. The number of carbonyl (C=O) groups is 3. The summed E-state index contributed by atoms with van der Waals surface area (Å²) in [4.78, 5) is 37.2. The van der Waals surface area contributed by atoms with E-state index in [1.807, 2.05) is 36.9 Å². The van der Waals surface area contributed by atoms with Crippen LogP contribution in [0.25, 0.3) is 0 Å². The summed E-state index contributed by atoms with van der Waals surface area (Å²) in [6.45, 7) is 6.01. The molecule has 0 saturated carbocycles. The molecule has 0 bridgehead atoms. The van der Waals surface area contributed by atoms with Crippen molar-refractivity contribution in [3.05, 3.63) is 29.3 Å². The van der Waals surface area contributed by atoms with Crippen LogP contribution in [0.1, 0.15) is 50.3 Å². The predicted octanol–water partition coefficient (Wildman–Crippen LogP) is 2.19. The molecular formula is C20H28N4O3. The van der Waals surface area contributed by atoms with Gasteiger partial charge in [0.05, 0.1) is 6.04 Å². The summed E-state index contributed by atoms with van der Waals surface area (Å²) in [5, 5.41) is 8.71. The van der Waals surface area contributed by atoms with E-state index < -0.39 is 0 Å². The maximum absolute atomic E-state index is 12.2. The molecule has 1 aromatic carbocycles. The number of nitrogens with zero attached hydrogens (tertiary/aromatic N) is 1. The van der Waals surface area contributed by atoms with Crippen molar-refractivity contribution in [2.45, 2.75) is 45.6 Å². The average molecular weight is 372 g/mol. The third-order valence-electron chi connectivity index (χ3n) is 5.19. The van der Waals surface area contributed by atoms with Crippen LogP contribution in [-0.4, -0.2) is 42.4 Å². The summed E-state index contributed by atoms with van der Waals surface area (Å²) in [6.07, 6.45) is 2.79. The lowest BCUT2D eigenvalue weighted by Gasteiger charge is -2.22. The molecule has 2 atom stereocenters. The van der Waals surface area contributed by atoms with E-state index in [1.54, 1.807) is 0 Å².